The summed E-state index contributed by atoms with van der Waals surface area (Å²) in [5.74, 6) is 2.63. The fourth-order valence-corrected chi connectivity index (χ4v) is 10.6. The number of nitrogens with one attached hydrogen (secondary N) is 1. The first-order chi connectivity index (χ1) is 28.3. The number of rotatable bonds is 5. The van der Waals surface area contributed by atoms with Crippen LogP contribution in [0.5, 0.6) is 0 Å². The van der Waals surface area contributed by atoms with Gasteiger partial charge in [-0.15, -0.1) is 11.3 Å². The smallest absolute Gasteiger partial charge is 0.159 e. The number of para-hydroxylation sites is 2. The van der Waals surface area contributed by atoms with Crippen LogP contribution in [0.4, 0.5) is 0 Å². The van der Waals surface area contributed by atoms with Crippen molar-refractivity contribution >= 4 is 76.3 Å². The molecule has 2 aliphatic heterocycles. The number of ether oxygens (including phenoxy) is 1. The Morgan fingerprint density at radius 1 is 0.702 bits per heavy atom. The van der Waals surface area contributed by atoms with Crippen LogP contribution in [0.3, 0.4) is 0 Å². The molecule has 1 saturated heterocycles. The summed E-state index contributed by atoms with van der Waals surface area (Å²) >= 11 is 1.86. The monoisotopic (exact) mass is 752 g/mol. The van der Waals surface area contributed by atoms with Gasteiger partial charge in [-0.05, 0) is 84.2 Å². The highest BCUT2D eigenvalue weighted by molar-refractivity contribution is 7.25. The predicted octanol–water partition coefficient (Wildman–Crippen LogP) is 12.2. The number of thiophene rings is 1. The van der Waals surface area contributed by atoms with Gasteiger partial charge in [0.2, 0.25) is 0 Å². The quantitative estimate of drug-likeness (QED) is 0.190. The molecule has 0 spiro atoms. The average Bonchev–Trinajstić information content (AvgIpc) is 3.96. The number of amidine groups is 2. The summed E-state index contributed by atoms with van der Waals surface area (Å²) in [5, 5.41) is 8.78. The van der Waals surface area contributed by atoms with Gasteiger partial charge in [0.1, 0.15) is 23.9 Å². The van der Waals surface area contributed by atoms with Gasteiger partial charge in [0, 0.05) is 53.3 Å². The Morgan fingerprint density at radius 2 is 1.46 bits per heavy atom. The van der Waals surface area contributed by atoms with Crippen LogP contribution in [0.25, 0.3) is 53.2 Å². The minimum absolute atomic E-state index is 0.0536. The zero-order valence-corrected chi connectivity index (χ0v) is 31.8. The average molecular weight is 753 g/mol. The molecule has 3 atom stereocenters. The van der Waals surface area contributed by atoms with E-state index in [1.54, 1.807) is 0 Å². The van der Waals surface area contributed by atoms with E-state index in [2.05, 4.69) is 156 Å². The molecule has 0 radical (unpaired) electrons. The highest BCUT2D eigenvalue weighted by atomic mass is 32.1. The maximum absolute atomic E-state index is 6.88. The lowest BCUT2D eigenvalue weighted by atomic mass is 9.79. The molecule has 0 bridgehead atoms. The summed E-state index contributed by atoms with van der Waals surface area (Å²) < 4.78 is 11.9. The van der Waals surface area contributed by atoms with E-state index >= 15 is 0 Å². The summed E-state index contributed by atoms with van der Waals surface area (Å²) in [7, 11) is 0. The lowest BCUT2D eigenvalue weighted by Crippen LogP contribution is -2.33. The van der Waals surface area contributed by atoms with Crippen LogP contribution in [0.15, 0.2) is 191 Å². The molecule has 12 rings (SSSR count). The zero-order chi connectivity index (χ0) is 37.5. The molecular weight excluding hydrogens is 717 g/mol. The number of fused-ring (bicyclic) bond motifs is 9. The van der Waals surface area contributed by atoms with E-state index < -0.39 is 0 Å². The highest BCUT2D eigenvalue weighted by Crippen LogP contribution is 2.53. The van der Waals surface area contributed by atoms with Gasteiger partial charge in [-0.1, -0.05) is 115 Å². The number of aromatic nitrogens is 1. The summed E-state index contributed by atoms with van der Waals surface area (Å²) in [6, 6.07) is 51.9. The van der Waals surface area contributed by atoms with E-state index in [9.17, 15) is 0 Å². The van der Waals surface area contributed by atoms with Crippen LogP contribution >= 0.6 is 11.3 Å². The van der Waals surface area contributed by atoms with Gasteiger partial charge in [-0.25, -0.2) is 9.98 Å². The maximum atomic E-state index is 6.88. The standard InChI is InChI=1S/C51H36N4OS/c1-3-14-31(15-4-1)49-52-50(32-16-5-2-6-17-32)54-51(53-49)33-28-29-44-38(30-33)46-36(21-12-27-45(46)57-44)37-20-11-25-42-47(37)48-41(24-13-26-43(48)56-42)55-39-22-9-7-18-34(39)35-19-8-10-23-40(35)55/h1-10,12-19,21-30,43,48-49H,11,20H2,(H,52,53,54). The van der Waals surface area contributed by atoms with Crippen LogP contribution in [-0.2, 0) is 4.74 Å². The Balaban J connectivity index is 1.02. The Labute approximate surface area is 334 Å². The molecule has 6 aromatic carbocycles. The van der Waals surface area contributed by atoms with Crippen molar-refractivity contribution in [2.75, 3.05) is 0 Å². The molecule has 2 aliphatic carbocycles. The summed E-state index contributed by atoms with van der Waals surface area (Å²) in [5.41, 5.74) is 10.8. The number of allylic oxidation sites excluding steroid dienone is 5. The normalized spacial score (nSPS) is 20.2. The zero-order valence-electron chi connectivity index (χ0n) is 31.0. The Morgan fingerprint density at radius 3 is 2.26 bits per heavy atom. The number of benzene rings is 6. The van der Waals surface area contributed by atoms with Crippen molar-refractivity contribution in [3.8, 4) is 0 Å². The fourth-order valence-electron chi connectivity index (χ4n) is 9.44. The molecule has 1 N–H and O–H groups in total. The summed E-state index contributed by atoms with van der Waals surface area (Å²) in [6.45, 7) is 0. The number of hydrogen-bond donors (Lipinski definition) is 1. The third-order valence-electron chi connectivity index (χ3n) is 11.9. The summed E-state index contributed by atoms with van der Waals surface area (Å²) in [6.07, 6.45) is 10.6. The van der Waals surface area contributed by atoms with Gasteiger partial charge in [0.25, 0.3) is 0 Å². The number of nitrogens with zero attached hydrogens (tertiary/aromatic N) is 3. The SMILES string of the molecule is C1=CC2OC3=CCCC(c4cccc5sc6ccc(C7=NC(c8ccccc8)=NC(c8ccccc8)N7)cc6c45)=C3C2C(n2c3ccccc3c3ccccc32)=C1. The second-order valence-electron chi connectivity index (χ2n) is 15.1. The third-order valence-corrected chi connectivity index (χ3v) is 13.1. The molecule has 4 aliphatic rings. The van der Waals surface area contributed by atoms with Gasteiger partial charge in [0.15, 0.2) is 5.84 Å². The topological polar surface area (TPSA) is 50.9 Å². The van der Waals surface area contributed by atoms with Crippen LogP contribution in [-0.4, -0.2) is 22.3 Å². The molecule has 0 amide bonds. The molecule has 3 unspecified atom stereocenters. The van der Waals surface area contributed by atoms with E-state index in [4.69, 9.17) is 14.7 Å². The molecule has 5 nitrogen and oxygen atoms in total. The maximum Gasteiger partial charge on any atom is 0.159 e. The minimum atomic E-state index is -0.254. The van der Waals surface area contributed by atoms with Crippen molar-refractivity contribution in [1.82, 2.24) is 9.88 Å². The Bertz CT molecular complexity index is 3090. The van der Waals surface area contributed by atoms with E-state index in [0.717, 1.165) is 47.0 Å². The summed E-state index contributed by atoms with van der Waals surface area (Å²) in [4.78, 5) is 10.2. The molecular formula is C51H36N4OS. The van der Waals surface area contributed by atoms with Gasteiger partial charge < -0.3 is 14.6 Å². The minimum Gasteiger partial charge on any atom is -0.485 e. The van der Waals surface area contributed by atoms with Crippen LogP contribution in [0.2, 0.25) is 0 Å². The van der Waals surface area contributed by atoms with Crippen molar-refractivity contribution in [3.05, 3.63) is 203 Å². The van der Waals surface area contributed by atoms with E-state index in [0.29, 0.717) is 0 Å². The van der Waals surface area contributed by atoms with Gasteiger partial charge in [-0.3, -0.25) is 0 Å². The van der Waals surface area contributed by atoms with Crippen molar-refractivity contribution in [1.29, 1.82) is 0 Å². The van der Waals surface area contributed by atoms with Crippen LogP contribution < -0.4 is 5.32 Å². The second-order valence-corrected chi connectivity index (χ2v) is 16.2. The molecule has 8 aromatic rings. The molecule has 2 aromatic heterocycles. The Kier molecular flexibility index (Phi) is 7.35. The molecule has 1 fully saturated rings. The van der Waals surface area contributed by atoms with Crippen LogP contribution in [0.1, 0.15) is 41.3 Å². The number of hydrogen-bond acceptors (Lipinski definition) is 5. The fraction of sp³-hybridized carbons (Fsp3) is 0.0980. The lowest BCUT2D eigenvalue weighted by Gasteiger charge is -2.27. The lowest BCUT2D eigenvalue weighted by molar-refractivity contribution is 0.185. The first-order valence-electron chi connectivity index (χ1n) is 19.7. The first kappa shape index (κ1) is 32.5. The van der Waals surface area contributed by atoms with Gasteiger partial charge in [0.05, 0.1) is 17.0 Å². The molecule has 57 heavy (non-hydrogen) atoms. The first-order valence-corrected chi connectivity index (χ1v) is 20.5. The molecule has 272 valence electrons. The van der Waals surface area contributed by atoms with E-state index in [1.165, 1.54) is 64.4 Å². The predicted molar refractivity (Wildman–Crippen MR) is 237 cm³/mol. The van der Waals surface area contributed by atoms with E-state index in [1.807, 2.05) is 35.6 Å². The largest absolute Gasteiger partial charge is 0.485 e. The van der Waals surface area contributed by atoms with Crippen molar-refractivity contribution in [3.63, 3.8) is 0 Å². The van der Waals surface area contributed by atoms with Crippen molar-refractivity contribution in [2.45, 2.75) is 25.1 Å². The van der Waals surface area contributed by atoms with Gasteiger partial charge >= 0.3 is 0 Å². The van der Waals surface area contributed by atoms with E-state index in [-0.39, 0.29) is 18.2 Å². The third kappa shape index (κ3) is 5.14. The van der Waals surface area contributed by atoms with Crippen LogP contribution in [0, 0.1) is 5.92 Å². The van der Waals surface area contributed by atoms with Crippen molar-refractivity contribution in [2.24, 2.45) is 15.9 Å². The Hall–Kier alpha value is -6.76. The molecule has 6 heteroatoms. The second kappa shape index (κ2) is 12.9. The van der Waals surface area contributed by atoms with Crippen molar-refractivity contribution < 1.29 is 4.74 Å². The molecule has 4 heterocycles. The highest BCUT2D eigenvalue weighted by Gasteiger charge is 2.43. The number of aliphatic imine (C=N–C) groups is 2. The van der Waals surface area contributed by atoms with Gasteiger partial charge in [-0.2, -0.15) is 0 Å². The molecule has 0 saturated carbocycles.